The quantitative estimate of drug-likeness (QED) is 0.609. The maximum Gasteiger partial charge on any atom is 0.404 e. The molecule has 0 bridgehead atoms. The van der Waals surface area contributed by atoms with E-state index in [1.165, 1.54) is 0 Å². The molecule has 0 saturated carbocycles. The summed E-state index contributed by atoms with van der Waals surface area (Å²) in [5, 5.41) is 0. The molecule has 25 heavy (non-hydrogen) atoms. The van der Waals surface area contributed by atoms with Crippen LogP contribution in [0.4, 0.5) is 11.6 Å². The molecule has 0 aliphatic carbocycles. The largest absolute Gasteiger partial charge is 0.404 e. The molecule has 2 aromatic heterocycles. The van der Waals surface area contributed by atoms with Gasteiger partial charge in [0.25, 0.3) is 11.7 Å². The Kier molecular flexibility index (Phi) is 1.38. The number of hydrogen-bond donors (Lipinski definition) is 0. The molecule has 8 heterocycles. The van der Waals surface area contributed by atoms with Crippen LogP contribution in [0, 0.1) is 0 Å². The molecule has 1 unspecified atom stereocenters. The fourth-order valence-electron chi connectivity index (χ4n) is 4.95. The zero-order valence-electron chi connectivity index (χ0n) is 13.0. The highest BCUT2D eigenvalue weighted by Gasteiger charge is 2.65. The summed E-state index contributed by atoms with van der Waals surface area (Å²) in [6, 6.07) is 8.21. The van der Waals surface area contributed by atoms with Crippen molar-refractivity contribution in [1.29, 1.82) is 0 Å². The molecular formula is C17H10N8+2. The zero-order valence-corrected chi connectivity index (χ0v) is 13.0. The van der Waals surface area contributed by atoms with Crippen molar-refractivity contribution in [3.63, 3.8) is 0 Å². The maximum absolute atomic E-state index is 4.91. The first-order chi connectivity index (χ1) is 12.4. The summed E-state index contributed by atoms with van der Waals surface area (Å²) in [4.78, 5) is 19.5. The number of amidine groups is 4. The van der Waals surface area contributed by atoms with Gasteiger partial charge in [0, 0.05) is 49.3 Å². The lowest BCUT2D eigenvalue weighted by Crippen LogP contribution is -2.71. The molecule has 0 amide bonds. The number of nitrogens with zero attached hydrogens (tertiary/aromatic N) is 8. The van der Waals surface area contributed by atoms with Crippen LogP contribution < -0.4 is 11.0 Å². The predicted molar refractivity (Wildman–Crippen MR) is 87.6 cm³/mol. The molecule has 0 fully saturated rings. The third-order valence-electron chi connectivity index (χ3n) is 5.75. The Labute approximate surface area is 140 Å². The maximum atomic E-state index is 4.91. The van der Waals surface area contributed by atoms with Crippen molar-refractivity contribution in [2.24, 2.45) is 20.0 Å². The lowest BCUT2D eigenvalue weighted by Gasteiger charge is -2.40. The molecule has 6 aliphatic rings. The highest BCUT2D eigenvalue weighted by molar-refractivity contribution is 6.07. The van der Waals surface area contributed by atoms with Crippen LogP contribution in [0.25, 0.3) is 0 Å². The fourth-order valence-corrected chi connectivity index (χ4v) is 4.95. The Hall–Kier alpha value is -3.42. The predicted octanol–water partition coefficient (Wildman–Crippen LogP) is -0.0551. The van der Waals surface area contributed by atoms with Crippen LogP contribution in [-0.2, 0) is 5.91 Å². The van der Waals surface area contributed by atoms with Crippen LogP contribution in [0.15, 0.2) is 56.4 Å². The van der Waals surface area contributed by atoms with Gasteiger partial charge < -0.3 is 0 Å². The molecule has 0 N–H and O–H groups in total. The number of hydrogen-bond acceptors (Lipinski definition) is 4. The second kappa shape index (κ2) is 3.08. The van der Waals surface area contributed by atoms with E-state index >= 15 is 0 Å². The summed E-state index contributed by atoms with van der Waals surface area (Å²) in [6.45, 7) is 0. The molecule has 0 radical (unpaired) electrons. The van der Waals surface area contributed by atoms with Crippen LogP contribution in [-0.4, -0.2) is 41.6 Å². The van der Waals surface area contributed by atoms with E-state index in [0.717, 1.165) is 58.8 Å². The summed E-state index contributed by atoms with van der Waals surface area (Å²) in [5.41, 5.74) is 1.85. The molecular weight excluding hydrogens is 316 g/mol. The monoisotopic (exact) mass is 326 g/mol. The van der Waals surface area contributed by atoms with Gasteiger partial charge in [-0.1, -0.05) is 20.0 Å². The average molecular weight is 326 g/mol. The van der Waals surface area contributed by atoms with Crippen LogP contribution in [0.1, 0.15) is 12.8 Å². The molecule has 1 atom stereocenters. The van der Waals surface area contributed by atoms with Crippen LogP contribution >= 0.6 is 0 Å². The van der Waals surface area contributed by atoms with Crippen molar-refractivity contribution in [2.75, 3.05) is 0 Å². The molecule has 1 spiro atoms. The minimum absolute atomic E-state index is 0.620. The van der Waals surface area contributed by atoms with Gasteiger partial charge in [-0.3, -0.25) is 0 Å². The van der Waals surface area contributed by atoms with Gasteiger partial charge in [-0.05, 0) is 0 Å². The number of rotatable bonds is 0. The first-order valence-electron chi connectivity index (χ1n) is 8.41. The Morgan fingerprint density at radius 2 is 1.64 bits per heavy atom. The first-order valence-corrected chi connectivity index (χ1v) is 8.41. The molecule has 116 valence electrons. The second-order valence-electron chi connectivity index (χ2n) is 6.87. The van der Waals surface area contributed by atoms with E-state index in [2.05, 4.69) is 30.4 Å². The first kappa shape index (κ1) is 11.2. The smallest absolute Gasteiger partial charge is 0.193 e. The normalized spacial score (nSPS) is 27.7. The SMILES string of the molecule is C1=CC2=[N+]3C1=Nc1ccc4n1C31n3c(ccc3=NC3=[N+]1C(=N4)CC3)=N2. The molecule has 2 aromatic rings. The van der Waals surface area contributed by atoms with Gasteiger partial charge in [0.1, 0.15) is 0 Å². The van der Waals surface area contributed by atoms with E-state index in [4.69, 9.17) is 20.0 Å². The van der Waals surface area contributed by atoms with Crippen LogP contribution in [0.3, 0.4) is 0 Å². The summed E-state index contributed by atoms with van der Waals surface area (Å²) in [7, 11) is 0. The van der Waals surface area contributed by atoms with Crippen molar-refractivity contribution in [1.82, 2.24) is 9.13 Å². The van der Waals surface area contributed by atoms with E-state index in [1.807, 2.05) is 24.3 Å². The Bertz CT molecular complexity index is 1380. The molecule has 8 rings (SSSR count). The lowest BCUT2D eigenvalue weighted by molar-refractivity contribution is -0.791. The van der Waals surface area contributed by atoms with Gasteiger partial charge in [0.2, 0.25) is 34.3 Å². The molecule has 0 saturated heterocycles. The summed E-state index contributed by atoms with van der Waals surface area (Å²) >= 11 is 0. The van der Waals surface area contributed by atoms with E-state index in [1.54, 1.807) is 0 Å². The van der Waals surface area contributed by atoms with E-state index in [9.17, 15) is 0 Å². The number of aliphatic imine (C=N–C) groups is 2. The van der Waals surface area contributed by atoms with Gasteiger partial charge >= 0.3 is 5.91 Å². The number of aromatic nitrogens is 2. The molecule has 6 aliphatic heterocycles. The van der Waals surface area contributed by atoms with E-state index in [0.29, 0.717) is 0 Å². The average Bonchev–Trinajstić information content (AvgIpc) is 3.38. The lowest BCUT2D eigenvalue weighted by atomic mass is 10.3. The third-order valence-corrected chi connectivity index (χ3v) is 5.75. The van der Waals surface area contributed by atoms with Crippen LogP contribution in [0.2, 0.25) is 0 Å². The fraction of sp³-hybridized carbons (Fsp3) is 0.176. The Balaban J connectivity index is 1.76. The van der Waals surface area contributed by atoms with Crippen molar-refractivity contribution in [3.8, 4) is 0 Å². The van der Waals surface area contributed by atoms with Gasteiger partial charge in [-0.15, -0.1) is 4.58 Å². The second-order valence-corrected chi connectivity index (χ2v) is 6.87. The van der Waals surface area contributed by atoms with Gasteiger partial charge in [-0.2, -0.15) is 13.7 Å². The minimum Gasteiger partial charge on any atom is -0.193 e. The zero-order chi connectivity index (χ0) is 15.9. The highest BCUT2D eigenvalue weighted by atomic mass is 15.7. The molecule has 0 aromatic carbocycles. The minimum atomic E-state index is -0.620. The van der Waals surface area contributed by atoms with E-state index < -0.39 is 5.91 Å². The Morgan fingerprint density at radius 1 is 0.800 bits per heavy atom. The standard InChI is InChI=1S/C17H10N8/c1-2-10-19-12-5-6-14-21-16-8-7-15-20-13-4-3-11-18-9(1)22(10)17(23(11)13,24(12)14)25(15)16/h1-6H,7-8H2/q+2. The summed E-state index contributed by atoms with van der Waals surface area (Å²) in [6.07, 6.45) is 5.90. The van der Waals surface area contributed by atoms with Crippen molar-refractivity contribution in [2.45, 2.75) is 18.8 Å². The van der Waals surface area contributed by atoms with Crippen molar-refractivity contribution >= 4 is 35.0 Å². The van der Waals surface area contributed by atoms with Crippen molar-refractivity contribution in [3.05, 3.63) is 47.4 Å². The van der Waals surface area contributed by atoms with Gasteiger partial charge in [0.15, 0.2) is 0 Å². The third kappa shape index (κ3) is 0.905. The molecule has 8 nitrogen and oxygen atoms in total. The summed E-state index contributed by atoms with van der Waals surface area (Å²) < 4.78 is 8.94. The Morgan fingerprint density at radius 3 is 2.56 bits per heavy atom. The summed E-state index contributed by atoms with van der Waals surface area (Å²) in [5.74, 6) is 5.18. The van der Waals surface area contributed by atoms with E-state index in [-0.39, 0.29) is 0 Å². The van der Waals surface area contributed by atoms with Gasteiger partial charge in [-0.25, -0.2) is 0 Å². The topological polar surface area (TPSA) is 65.3 Å². The molecule has 8 heteroatoms. The van der Waals surface area contributed by atoms with Crippen LogP contribution in [0.5, 0.6) is 0 Å². The van der Waals surface area contributed by atoms with Gasteiger partial charge in [0.05, 0.1) is 0 Å². The van der Waals surface area contributed by atoms with Crippen molar-refractivity contribution < 1.29 is 9.15 Å². The highest BCUT2D eigenvalue weighted by Crippen LogP contribution is 2.45.